The molecule has 3 nitrogen and oxygen atoms in total. The second-order valence-electron chi connectivity index (χ2n) is 3.55. The van der Waals surface area contributed by atoms with Crippen molar-refractivity contribution in [2.45, 2.75) is 25.9 Å². The molecule has 1 atom stereocenters. The van der Waals surface area contributed by atoms with Crippen molar-refractivity contribution < 1.29 is 4.39 Å². The van der Waals surface area contributed by atoms with Gasteiger partial charge in [-0.2, -0.15) is 5.26 Å². The molecular weight excluding hydrogens is 205 g/mol. The van der Waals surface area contributed by atoms with Gasteiger partial charge in [0.05, 0.1) is 17.7 Å². The van der Waals surface area contributed by atoms with Gasteiger partial charge in [-0.25, -0.2) is 4.39 Å². The summed E-state index contributed by atoms with van der Waals surface area (Å²) in [5, 5.41) is 12.2. The molecule has 0 fully saturated rings. The highest BCUT2D eigenvalue weighted by Crippen LogP contribution is 2.17. The molecule has 0 spiro atoms. The van der Waals surface area contributed by atoms with Crippen molar-refractivity contribution in [3.63, 3.8) is 0 Å². The van der Waals surface area contributed by atoms with E-state index in [1.54, 1.807) is 18.3 Å². The van der Waals surface area contributed by atoms with E-state index >= 15 is 0 Å². The summed E-state index contributed by atoms with van der Waals surface area (Å²) in [6.45, 7) is 3.16. The van der Waals surface area contributed by atoms with E-state index in [0.29, 0.717) is 17.7 Å². The standard InChI is InChI=1S/C12H16FN3/c1-2-15-5-4-11(9-14)12-7-10(8-13)3-6-16-12/h3,6-7,11,15H,2,4-5,8H2,1H3. The van der Waals surface area contributed by atoms with Crippen LogP contribution in [0.1, 0.15) is 30.5 Å². The van der Waals surface area contributed by atoms with Crippen LogP contribution in [0, 0.1) is 11.3 Å². The van der Waals surface area contributed by atoms with E-state index in [1.165, 1.54) is 0 Å². The van der Waals surface area contributed by atoms with Crippen LogP contribution in [0.3, 0.4) is 0 Å². The maximum Gasteiger partial charge on any atom is 0.115 e. The van der Waals surface area contributed by atoms with Gasteiger partial charge >= 0.3 is 0 Å². The first-order valence-electron chi connectivity index (χ1n) is 5.43. The number of nitrogens with zero attached hydrogens (tertiary/aromatic N) is 2. The Morgan fingerprint density at radius 3 is 3.06 bits per heavy atom. The molecule has 0 saturated heterocycles. The van der Waals surface area contributed by atoms with Gasteiger partial charge in [-0.3, -0.25) is 4.98 Å². The third-order valence-corrected chi connectivity index (χ3v) is 2.37. The highest BCUT2D eigenvalue weighted by atomic mass is 19.1. The number of nitriles is 1. The van der Waals surface area contributed by atoms with Gasteiger partial charge in [0.25, 0.3) is 0 Å². The van der Waals surface area contributed by atoms with Gasteiger partial charge < -0.3 is 5.32 Å². The topological polar surface area (TPSA) is 48.7 Å². The Hall–Kier alpha value is -1.47. The molecule has 1 aromatic rings. The average molecular weight is 221 g/mol. The molecule has 0 aliphatic heterocycles. The first-order valence-corrected chi connectivity index (χ1v) is 5.43. The van der Waals surface area contributed by atoms with E-state index in [9.17, 15) is 4.39 Å². The number of nitrogens with one attached hydrogen (secondary N) is 1. The van der Waals surface area contributed by atoms with E-state index in [-0.39, 0.29) is 5.92 Å². The molecule has 0 aliphatic carbocycles. The minimum Gasteiger partial charge on any atom is -0.317 e. The smallest absolute Gasteiger partial charge is 0.115 e. The van der Waals surface area contributed by atoms with Crippen LogP contribution in [0.2, 0.25) is 0 Å². The second kappa shape index (κ2) is 6.91. The molecule has 0 amide bonds. The van der Waals surface area contributed by atoms with Crippen molar-refractivity contribution in [3.05, 3.63) is 29.6 Å². The van der Waals surface area contributed by atoms with Crippen molar-refractivity contribution in [1.82, 2.24) is 10.3 Å². The van der Waals surface area contributed by atoms with Crippen LogP contribution < -0.4 is 5.32 Å². The number of aromatic nitrogens is 1. The fourth-order valence-corrected chi connectivity index (χ4v) is 1.47. The first-order chi connectivity index (χ1) is 7.81. The summed E-state index contributed by atoms with van der Waals surface area (Å²) in [4.78, 5) is 4.12. The summed E-state index contributed by atoms with van der Waals surface area (Å²) in [6.07, 6.45) is 2.26. The molecule has 0 bridgehead atoms. The number of alkyl halides is 1. The molecule has 1 heterocycles. The molecule has 16 heavy (non-hydrogen) atoms. The molecule has 1 rings (SSSR count). The monoisotopic (exact) mass is 221 g/mol. The van der Waals surface area contributed by atoms with Crippen molar-refractivity contribution in [3.8, 4) is 6.07 Å². The molecule has 1 aromatic heterocycles. The first kappa shape index (κ1) is 12.6. The van der Waals surface area contributed by atoms with E-state index in [2.05, 4.69) is 16.4 Å². The SMILES string of the molecule is CCNCCC(C#N)c1cc(CF)ccn1. The Labute approximate surface area is 95.3 Å². The van der Waals surface area contributed by atoms with Gasteiger partial charge in [0.1, 0.15) is 6.67 Å². The normalized spacial score (nSPS) is 12.1. The van der Waals surface area contributed by atoms with Crippen molar-refractivity contribution >= 4 is 0 Å². The lowest BCUT2D eigenvalue weighted by molar-refractivity contribution is 0.484. The zero-order valence-corrected chi connectivity index (χ0v) is 9.41. The Morgan fingerprint density at radius 2 is 2.44 bits per heavy atom. The van der Waals surface area contributed by atoms with Gasteiger partial charge in [0.2, 0.25) is 0 Å². The van der Waals surface area contributed by atoms with Crippen LogP contribution in [0.25, 0.3) is 0 Å². The molecule has 0 saturated carbocycles. The third-order valence-electron chi connectivity index (χ3n) is 2.37. The van der Waals surface area contributed by atoms with Crippen molar-refractivity contribution in [1.29, 1.82) is 5.26 Å². The largest absolute Gasteiger partial charge is 0.317 e. The van der Waals surface area contributed by atoms with Gasteiger partial charge in [-0.15, -0.1) is 0 Å². The summed E-state index contributed by atoms with van der Waals surface area (Å²) < 4.78 is 12.5. The molecule has 86 valence electrons. The molecule has 0 aliphatic rings. The van der Waals surface area contributed by atoms with E-state index < -0.39 is 6.67 Å². The number of halogens is 1. The van der Waals surface area contributed by atoms with Crippen LogP contribution in [-0.4, -0.2) is 18.1 Å². The highest BCUT2D eigenvalue weighted by Gasteiger charge is 2.11. The Morgan fingerprint density at radius 1 is 1.62 bits per heavy atom. The predicted molar refractivity (Wildman–Crippen MR) is 60.6 cm³/mol. The van der Waals surface area contributed by atoms with Crippen molar-refractivity contribution in [2.75, 3.05) is 13.1 Å². The molecule has 4 heteroatoms. The second-order valence-corrected chi connectivity index (χ2v) is 3.55. The quantitative estimate of drug-likeness (QED) is 0.749. The van der Waals surface area contributed by atoms with Crippen LogP contribution in [0.15, 0.2) is 18.3 Å². The fraction of sp³-hybridized carbons (Fsp3) is 0.500. The fourth-order valence-electron chi connectivity index (χ4n) is 1.47. The summed E-state index contributed by atoms with van der Waals surface area (Å²) in [5.41, 5.74) is 1.24. The summed E-state index contributed by atoms with van der Waals surface area (Å²) in [7, 11) is 0. The Bertz CT molecular complexity index is 360. The lowest BCUT2D eigenvalue weighted by Gasteiger charge is -2.09. The lowest BCUT2D eigenvalue weighted by Crippen LogP contribution is -2.16. The average Bonchev–Trinajstić information content (AvgIpc) is 2.35. The maximum atomic E-state index is 12.5. The Balaban J connectivity index is 2.67. The minimum atomic E-state index is -0.513. The van der Waals surface area contributed by atoms with Crippen LogP contribution in [-0.2, 0) is 6.67 Å². The van der Waals surface area contributed by atoms with Crippen molar-refractivity contribution in [2.24, 2.45) is 0 Å². The third kappa shape index (κ3) is 3.59. The lowest BCUT2D eigenvalue weighted by atomic mass is 10.0. The summed E-state index contributed by atoms with van der Waals surface area (Å²) in [5.74, 6) is -0.259. The zero-order chi connectivity index (χ0) is 11.8. The summed E-state index contributed by atoms with van der Waals surface area (Å²) >= 11 is 0. The number of hydrogen-bond donors (Lipinski definition) is 1. The Kier molecular flexibility index (Phi) is 5.44. The van der Waals surface area contributed by atoms with Crippen LogP contribution in [0.5, 0.6) is 0 Å². The van der Waals surface area contributed by atoms with Gasteiger partial charge in [0.15, 0.2) is 0 Å². The molecular formula is C12H16FN3. The summed E-state index contributed by atoms with van der Waals surface area (Å²) in [6, 6.07) is 5.50. The van der Waals surface area contributed by atoms with E-state index in [4.69, 9.17) is 5.26 Å². The number of pyridine rings is 1. The molecule has 0 aromatic carbocycles. The van der Waals surface area contributed by atoms with E-state index in [0.717, 1.165) is 13.1 Å². The van der Waals surface area contributed by atoms with Crippen LogP contribution in [0.4, 0.5) is 4.39 Å². The molecule has 1 N–H and O–H groups in total. The predicted octanol–water partition coefficient (Wildman–Crippen LogP) is 2.16. The van der Waals surface area contributed by atoms with E-state index in [1.807, 2.05) is 6.92 Å². The highest BCUT2D eigenvalue weighted by molar-refractivity contribution is 5.22. The van der Waals surface area contributed by atoms with Gasteiger partial charge in [-0.1, -0.05) is 6.92 Å². The zero-order valence-electron chi connectivity index (χ0n) is 9.41. The van der Waals surface area contributed by atoms with Gasteiger partial charge in [0, 0.05) is 6.20 Å². The number of rotatable bonds is 6. The van der Waals surface area contributed by atoms with Crippen LogP contribution >= 0.6 is 0 Å². The maximum absolute atomic E-state index is 12.5. The molecule has 1 unspecified atom stereocenters. The van der Waals surface area contributed by atoms with Gasteiger partial charge in [-0.05, 0) is 37.2 Å². The molecule has 0 radical (unpaired) electrons. The minimum absolute atomic E-state index is 0.259. The number of hydrogen-bond acceptors (Lipinski definition) is 3.